The maximum Gasteiger partial charge on any atom is 0.140 e. The molecule has 0 spiro atoms. The summed E-state index contributed by atoms with van der Waals surface area (Å²) in [4.78, 5) is 19.0. The monoisotopic (exact) mass is 1400 g/mol. The highest BCUT2D eigenvalue weighted by Gasteiger charge is 2.24. The molecule has 0 N–H and O–H groups in total. The quantitative estimate of drug-likeness (QED) is 0.166. The van der Waals surface area contributed by atoms with Gasteiger partial charge in [0.15, 0.2) is 0 Å². The zero-order valence-electron chi connectivity index (χ0n) is 64.8. The molecule has 17 aromatic rings. The second-order valence-electron chi connectivity index (χ2n) is 32.9. The third-order valence-corrected chi connectivity index (χ3v) is 19.9. The van der Waals surface area contributed by atoms with Gasteiger partial charge in [-0.25, -0.2) is 15.0 Å². The van der Waals surface area contributed by atoms with Crippen molar-refractivity contribution in [3.05, 3.63) is 356 Å². The van der Waals surface area contributed by atoms with Gasteiger partial charge in [-0.15, -0.1) is 0 Å². The lowest BCUT2D eigenvalue weighted by atomic mass is 9.85. The number of pyridine rings is 4. The molecule has 107 heavy (non-hydrogen) atoms. The summed E-state index contributed by atoms with van der Waals surface area (Å²) >= 11 is 0. The van der Waals surface area contributed by atoms with Crippen LogP contribution < -0.4 is 0 Å². The molecule has 0 atom stereocenters. The first-order chi connectivity index (χ1) is 51.3. The highest BCUT2D eigenvalue weighted by atomic mass is 15.1. The van der Waals surface area contributed by atoms with Crippen molar-refractivity contribution >= 4 is 65.4 Å². The minimum absolute atomic E-state index is 0.0377. The second-order valence-corrected chi connectivity index (χ2v) is 32.9. The van der Waals surface area contributed by atoms with Gasteiger partial charge >= 0.3 is 0 Å². The van der Waals surface area contributed by atoms with Gasteiger partial charge in [0.2, 0.25) is 0 Å². The van der Waals surface area contributed by atoms with Crippen LogP contribution >= 0.6 is 0 Å². The Labute approximate surface area is 633 Å². The van der Waals surface area contributed by atoms with E-state index in [-0.39, 0.29) is 27.1 Å². The number of aromatic nitrogens is 7. The minimum Gasteiger partial charge on any atom is -0.294 e. The summed E-state index contributed by atoms with van der Waals surface area (Å²) in [6.07, 6.45) is 5.67. The highest BCUT2D eigenvalue weighted by Crippen LogP contribution is 2.39. The van der Waals surface area contributed by atoms with Crippen LogP contribution in [-0.2, 0) is 27.1 Å². The van der Waals surface area contributed by atoms with Gasteiger partial charge < -0.3 is 0 Å². The van der Waals surface area contributed by atoms with Crippen molar-refractivity contribution in [3.8, 4) is 51.1 Å². The molecule has 0 saturated heterocycles. The van der Waals surface area contributed by atoms with Gasteiger partial charge in [-0.3, -0.25) is 18.7 Å². The molecule has 534 valence electrons. The van der Waals surface area contributed by atoms with Crippen LogP contribution in [-0.4, -0.2) is 33.6 Å². The van der Waals surface area contributed by atoms with E-state index in [1.165, 1.54) is 104 Å². The van der Waals surface area contributed by atoms with E-state index >= 15 is 0 Å². The van der Waals surface area contributed by atoms with E-state index in [4.69, 9.17) is 15.0 Å². The maximum absolute atomic E-state index is 5.36. The fourth-order valence-electron chi connectivity index (χ4n) is 13.8. The standard InChI is InChI=1S/C33H27N3.C21H20N2.C21H21N.C16H18.C9H13N/c1-33(2,3)22-20-31(35-27-16-8-4-12-23(27)24-13-5-9-17-28(24)35)34-32(21-22)36-29-18-10-6-14-25(29)26-15-7-11-19-30(26)36;1-21(2,3)15-12-13-20(22-14-15)23-18-10-6-4-8-16(18)17-9-5-7-11-19(17)23;1-21(2,3)18-14-19(16-10-6-4-7-11-16)22-20(15-18)17-12-8-5-9-13-17;1-16(2,3)15-11-9-14(10-12-15)13-7-5-4-6-8-13;1-9(2,3)8-4-6-10-7-5-8/h4-21H,1-3H3;4-14H,1-3H3;4-15H,1-3H3;4-12H,1-3H3;4-7H,1-3H3. The highest BCUT2D eigenvalue weighted by molar-refractivity contribution is 6.11. The predicted octanol–water partition coefficient (Wildman–Crippen LogP) is 26.8. The molecule has 0 saturated carbocycles. The van der Waals surface area contributed by atoms with E-state index in [1.54, 1.807) is 0 Å². The molecular formula is C100H99N7. The number of benzene rings is 10. The summed E-state index contributed by atoms with van der Waals surface area (Å²) in [5, 5.41) is 7.52. The number of rotatable bonds is 6. The summed E-state index contributed by atoms with van der Waals surface area (Å²) in [7, 11) is 0. The van der Waals surface area contributed by atoms with Crippen LogP contribution in [0.5, 0.6) is 0 Å². The van der Waals surface area contributed by atoms with Crippen molar-refractivity contribution in [2.24, 2.45) is 0 Å². The van der Waals surface area contributed by atoms with Crippen LogP contribution in [0.4, 0.5) is 0 Å². The first-order valence-corrected chi connectivity index (χ1v) is 37.4. The number of fused-ring (bicyclic) bond motifs is 9. The molecule has 0 aliphatic rings. The van der Waals surface area contributed by atoms with Crippen molar-refractivity contribution in [3.63, 3.8) is 0 Å². The number of hydrogen-bond acceptors (Lipinski definition) is 4. The average molecular weight is 1400 g/mol. The first kappa shape index (κ1) is 73.5. The largest absolute Gasteiger partial charge is 0.294 e. The minimum atomic E-state index is -0.0377. The van der Waals surface area contributed by atoms with Crippen LogP contribution in [0.2, 0.25) is 0 Å². The molecule has 0 bridgehead atoms. The van der Waals surface area contributed by atoms with Crippen LogP contribution in [0.25, 0.3) is 117 Å². The Bertz CT molecular complexity index is 5500. The molecule has 7 nitrogen and oxygen atoms in total. The van der Waals surface area contributed by atoms with E-state index < -0.39 is 0 Å². The van der Waals surface area contributed by atoms with E-state index in [1.807, 2.05) is 36.8 Å². The summed E-state index contributed by atoms with van der Waals surface area (Å²) in [6, 6.07) is 109. The third kappa shape index (κ3) is 16.5. The Morgan fingerprint density at radius 1 is 0.215 bits per heavy atom. The number of nitrogens with zero attached hydrogens (tertiary/aromatic N) is 7. The summed E-state index contributed by atoms with van der Waals surface area (Å²) in [5.74, 6) is 2.85. The lowest BCUT2D eigenvalue weighted by Crippen LogP contribution is -2.14. The van der Waals surface area contributed by atoms with Gasteiger partial charge in [-0.2, -0.15) is 0 Å². The summed E-state index contributed by atoms with van der Waals surface area (Å²) < 4.78 is 6.88. The molecule has 7 heterocycles. The SMILES string of the molecule is CC(C)(C)c1cc(-c2ccccc2)nc(-c2ccccc2)c1.CC(C)(C)c1cc(-n2c3ccccc3c3ccccc32)nc(-n2c3ccccc3c3ccccc32)c1.CC(C)(C)c1ccc(-c2ccccc2)cc1.CC(C)(C)c1ccc(-n2c3ccccc3c3ccccc32)nc1.CC(C)(C)c1ccncc1. The Morgan fingerprint density at radius 2 is 0.486 bits per heavy atom. The smallest absolute Gasteiger partial charge is 0.140 e. The predicted molar refractivity (Wildman–Crippen MR) is 456 cm³/mol. The molecule has 0 aliphatic heterocycles. The molecule has 17 rings (SSSR count). The van der Waals surface area contributed by atoms with Crippen molar-refractivity contribution in [2.45, 2.75) is 131 Å². The fourth-order valence-corrected chi connectivity index (χ4v) is 13.8. The molecule has 0 amide bonds. The van der Waals surface area contributed by atoms with Gasteiger partial charge in [-0.05, 0) is 145 Å². The first-order valence-electron chi connectivity index (χ1n) is 37.4. The lowest BCUT2D eigenvalue weighted by molar-refractivity contribution is 0.587. The Kier molecular flexibility index (Phi) is 21.1. The summed E-state index contributed by atoms with van der Waals surface area (Å²) in [6.45, 7) is 33.5. The van der Waals surface area contributed by atoms with Crippen LogP contribution in [0.1, 0.15) is 132 Å². The zero-order chi connectivity index (χ0) is 75.3. The van der Waals surface area contributed by atoms with Crippen LogP contribution in [0.3, 0.4) is 0 Å². The topological polar surface area (TPSA) is 66.3 Å². The van der Waals surface area contributed by atoms with Crippen molar-refractivity contribution in [1.29, 1.82) is 0 Å². The molecule has 7 aromatic heterocycles. The number of hydrogen-bond donors (Lipinski definition) is 0. The molecule has 10 aromatic carbocycles. The average Bonchev–Trinajstić information content (AvgIpc) is 1.59. The van der Waals surface area contributed by atoms with Gasteiger partial charge in [-0.1, -0.05) is 334 Å². The molecule has 0 aliphatic carbocycles. The number of para-hydroxylation sites is 6. The van der Waals surface area contributed by atoms with E-state index in [2.05, 4.69) is 414 Å². The summed E-state index contributed by atoms with van der Waals surface area (Å²) in [5.41, 5.74) is 21.2. The van der Waals surface area contributed by atoms with Crippen molar-refractivity contribution in [1.82, 2.24) is 33.6 Å². The van der Waals surface area contributed by atoms with Gasteiger partial charge in [0, 0.05) is 62.0 Å². The zero-order valence-corrected chi connectivity index (χ0v) is 64.8. The molecule has 7 heteroatoms. The fraction of sp³-hybridized carbons (Fsp3) is 0.200. The lowest BCUT2D eigenvalue weighted by Gasteiger charge is -2.22. The maximum atomic E-state index is 5.36. The van der Waals surface area contributed by atoms with E-state index in [0.29, 0.717) is 0 Å². The van der Waals surface area contributed by atoms with Crippen molar-refractivity contribution in [2.75, 3.05) is 0 Å². The Balaban J connectivity index is 0.000000125. The molecule has 0 unspecified atom stereocenters. The third-order valence-electron chi connectivity index (χ3n) is 19.9. The Hall–Kier alpha value is -11.8. The second kappa shape index (κ2) is 30.7. The van der Waals surface area contributed by atoms with Gasteiger partial charge in [0.1, 0.15) is 17.5 Å². The normalized spacial score (nSPS) is 11.9. The van der Waals surface area contributed by atoms with Crippen molar-refractivity contribution < 1.29 is 0 Å². The molecule has 0 fully saturated rings. The van der Waals surface area contributed by atoms with E-state index in [9.17, 15) is 0 Å². The van der Waals surface area contributed by atoms with Crippen LogP contribution in [0.15, 0.2) is 328 Å². The Morgan fingerprint density at radius 3 is 0.794 bits per heavy atom. The molecular weight excluding hydrogens is 1300 g/mol. The molecule has 0 radical (unpaired) electrons. The van der Waals surface area contributed by atoms with Crippen LogP contribution in [0, 0.1) is 0 Å². The van der Waals surface area contributed by atoms with Gasteiger partial charge in [0.25, 0.3) is 0 Å². The van der Waals surface area contributed by atoms with Gasteiger partial charge in [0.05, 0.1) is 44.5 Å². The van der Waals surface area contributed by atoms with E-state index in [0.717, 1.165) is 40.0 Å².